The number of ether oxygens (including phenoxy) is 4. The van der Waals surface area contributed by atoms with Crippen molar-refractivity contribution in [2.45, 2.75) is 11.9 Å². The van der Waals surface area contributed by atoms with Crippen LogP contribution < -0.4 is 18.5 Å². The third-order valence-corrected chi connectivity index (χ3v) is 8.91. The van der Waals surface area contributed by atoms with Crippen molar-refractivity contribution in [3.63, 3.8) is 0 Å². The summed E-state index contributed by atoms with van der Waals surface area (Å²) in [6.07, 6.45) is 2.15. The van der Waals surface area contributed by atoms with Crippen LogP contribution in [0.4, 0.5) is 20.2 Å². The number of rotatable bonds is 11. The Balaban J connectivity index is 0.000000292. The standard InChI is InChI=1S/C17H18FNO5S.C9H8BrFO2.C8H11NO3S/c1-23-15-8-6-14(7-9-15)19(25(3,21)22)11-13-5-4-12(10-16(13)18)17(20)24-2;1-13-9(12)6-2-3-7(5-10)8(11)4-6;1-12-8-5-3-7(4-6-8)9-13(2,10)11/h4-10H,11H2,1-3H3;2-4H,5H2,1H3;3-6,9H,1-2H3. The smallest absolute Gasteiger partial charge is 0.337 e. The summed E-state index contributed by atoms with van der Waals surface area (Å²) in [6, 6.07) is 21.1. The molecule has 0 heterocycles. The highest BCUT2D eigenvalue weighted by atomic mass is 79.9. The number of carbonyl (C=O) groups excluding carboxylic acids is 2. The van der Waals surface area contributed by atoms with Crippen LogP contribution in [0.15, 0.2) is 84.9 Å². The maximum atomic E-state index is 14.3. The first kappa shape index (κ1) is 42.4. The Morgan fingerprint density at radius 3 is 1.47 bits per heavy atom. The number of sulfonamides is 2. The molecule has 51 heavy (non-hydrogen) atoms. The van der Waals surface area contributed by atoms with Gasteiger partial charge in [-0.15, -0.1) is 0 Å². The summed E-state index contributed by atoms with van der Waals surface area (Å²) in [6.45, 7) is -0.210. The molecule has 0 unspecified atom stereocenters. The van der Waals surface area contributed by atoms with Gasteiger partial charge in [0, 0.05) is 16.6 Å². The number of methoxy groups -OCH3 is 4. The van der Waals surface area contributed by atoms with Crippen LogP contribution >= 0.6 is 15.9 Å². The second-order valence-corrected chi connectivity index (χ2v) is 14.5. The van der Waals surface area contributed by atoms with Crippen LogP contribution in [0.1, 0.15) is 31.8 Å². The van der Waals surface area contributed by atoms with Crippen molar-refractivity contribution in [3.8, 4) is 11.5 Å². The predicted octanol–water partition coefficient (Wildman–Crippen LogP) is 6.16. The third-order valence-electron chi connectivity index (χ3n) is 6.56. The van der Waals surface area contributed by atoms with Crippen molar-refractivity contribution < 1.29 is 54.2 Å². The van der Waals surface area contributed by atoms with Gasteiger partial charge in [-0.2, -0.15) is 0 Å². The van der Waals surface area contributed by atoms with E-state index in [0.29, 0.717) is 33.8 Å². The SMILES string of the molecule is COC(=O)c1ccc(CBr)c(F)c1.COC(=O)c1ccc(CN(c2ccc(OC)cc2)S(C)(=O)=O)c(F)c1.COc1ccc(NS(C)(=O)=O)cc1. The number of benzene rings is 4. The highest BCUT2D eigenvalue weighted by Gasteiger charge is 2.20. The second kappa shape index (κ2) is 19.6. The van der Waals surface area contributed by atoms with Crippen LogP contribution in [-0.4, -0.2) is 69.7 Å². The van der Waals surface area contributed by atoms with Crippen molar-refractivity contribution in [2.75, 3.05) is 50.0 Å². The van der Waals surface area contributed by atoms with Crippen molar-refractivity contribution >= 4 is 59.3 Å². The lowest BCUT2D eigenvalue weighted by Gasteiger charge is -2.23. The quantitative estimate of drug-likeness (QED) is 0.138. The molecule has 0 fully saturated rings. The molecule has 0 aliphatic rings. The predicted molar refractivity (Wildman–Crippen MR) is 194 cm³/mol. The molecule has 0 amide bonds. The van der Waals surface area contributed by atoms with Gasteiger partial charge in [0.15, 0.2) is 0 Å². The minimum absolute atomic E-state index is 0.0547. The summed E-state index contributed by atoms with van der Waals surface area (Å²) in [5.74, 6) is -1.02. The van der Waals surface area contributed by atoms with Gasteiger partial charge >= 0.3 is 11.9 Å². The average Bonchev–Trinajstić information content (AvgIpc) is 3.10. The number of carbonyl (C=O) groups is 2. The van der Waals surface area contributed by atoms with Crippen LogP contribution in [0.3, 0.4) is 0 Å². The largest absolute Gasteiger partial charge is 0.497 e. The van der Waals surface area contributed by atoms with Crippen LogP contribution in [-0.2, 0) is 41.4 Å². The molecule has 17 heteroatoms. The Hall–Kier alpha value is -4.74. The van der Waals surface area contributed by atoms with Gasteiger partial charge in [-0.25, -0.2) is 35.2 Å². The Bertz CT molecular complexity index is 2000. The number of hydrogen-bond acceptors (Lipinski definition) is 10. The molecule has 1 N–H and O–H groups in total. The van der Waals surface area contributed by atoms with E-state index in [-0.39, 0.29) is 23.2 Å². The topological polar surface area (TPSA) is 155 Å². The fourth-order valence-electron chi connectivity index (χ4n) is 4.00. The number of esters is 2. The fourth-order valence-corrected chi connectivity index (χ4v) is 5.89. The molecule has 12 nitrogen and oxygen atoms in total. The summed E-state index contributed by atoms with van der Waals surface area (Å²) in [5, 5.41) is 0.431. The van der Waals surface area contributed by atoms with Gasteiger partial charge in [-0.1, -0.05) is 28.1 Å². The van der Waals surface area contributed by atoms with Gasteiger partial charge in [0.1, 0.15) is 23.1 Å². The maximum absolute atomic E-state index is 14.3. The summed E-state index contributed by atoms with van der Waals surface area (Å²) in [4.78, 5) is 22.4. The van der Waals surface area contributed by atoms with E-state index in [9.17, 15) is 35.2 Å². The molecule has 4 aromatic carbocycles. The molecule has 0 radical (unpaired) electrons. The normalized spacial score (nSPS) is 10.7. The molecule has 0 spiro atoms. The lowest BCUT2D eigenvalue weighted by molar-refractivity contribution is 0.0591. The van der Waals surface area contributed by atoms with E-state index in [1.165, 1.54) is 45.6 Å². The van der Waals surface area contributed by atoms with Gasteiger partial charge in [-0.3, -0.25) is 9.03 Å². The van der Waals surface area contributed by atoms with Crippen LogP contribution in [0.5, 0.6) is 11.5 Å². The van der Waals surface area contributed by atoms with Crippen molar-refractivity contribution in [1.82, 2.24) is 0 Å². The zero-order valence-corrected chi connectivity index (χ0v) is 31.7. The highest BCUT2D eigenvalue weighted by Crippen LogP contribution is 2.25. The van der Waals surface area contributed by atoms with E-state index in [0.717, 1.165) is 22.9 Å². The number of hydrogen-bond donors (Lipinski definition) is 1. The average molecular weight is 816 g/mol. The molecular formula is C34H37BrF2N2O10S2. The summed E-state index contributed by atoms with van der Waals surface area (Å²) in [7, 11) is -1.32. The van der Waals surface area contributed by atoms with E-state index >= 15 is 0 Å². The van der Waals surface area contributed by atoms with Crippen LogP contribution in [0.25, 0.3) is 0 Å². The van der Waals surface area contributed by atoms with E-state index < -0.39 is 43.6 Å². The first-order valence-corrected chi connectivity index (χ1v) is 19.3. The lowest BCUT2D eigenvalue weighted by Crippen LogP contribution is -2.29. The van der Waals surface area contributed by atoms with Gasteiger partial charge in [-0.05, 0) is 78.4 Å². The Kier molecular flexibility index (Phi) is 16.3. The number of nitrogens with zero attached hydrogens (tertiary/aromatic N) is 1. The Morgan fingerprint density at radius 2 is 1.12 bits per heavy atom. The molecule has 0 atom stereocenters. The fraction of sp³-hybridized carbons (Fsp3) is 0.235. The molecule has 276 valence electrons. The minimum Gasteiger partial charge on any atom is -0.497 e. The van der Waals surface area contributed by atoms with Gasteiger partial charge in [0.25, 0.3) is 0 Å². The van der Waals surface area contributed by atoms with E-state index in [1.54, 1.807) is 61.7 Å². The van der Waals surface area contributed by atoms with Crippen LogP contribution in [0, 0.1) is 11.6 Å². The number of anilines is 2. The molecule has 0 aliphatic heterocycles. The number of halogens is 3. The molecule has 0 aliphatic carbocycles. The Morgan fingerprint density at radius 1 is 0.686 bits per heavy atom. The van der Waals surface area contributed by atoms with Crippen molar-refractivity contribution in [3.05, 3.63) is 119 Å². The Labute approximate surface area is 304 Å². The summed E-state index contributed by atoms with van der Waals surface area (Å²) < 4.78 is 95.6. The molecular weight excluding hydrogens is 778 g/mol. The molecule has 4 rings (SSSR count). The van der Waals surface area contributed by atoms with Gasteiger partial charge in [0.2, 0.25) is 20.0 Å². The summed E-state index contributed by atoms with van der Waals surface area (Å²) >= 11 is 3.13. The molecule has 0 bridgehead atoms. The van der Waals surface area contributed by atoms with Crippen LogP contribution in [0.2, 0.25) is 0 Å². The van der Waals surface area contributed by atoms with E-state index in [1.807, 2.05) is 0 Å². The van der Waals surface area contributed by atoms with E-state index in [4.69, 9.17) is 9.47 Å². The third kappa shape index (κ3) is 13.8. The lowest BCUT2D eigenvalue weighted by atomic mass is 10.1. The van der Waals surface area contributed by atoms with Crippen molar-refractivity contribution in [1.29, 1.82) is 0 Å². The zero-order chi connectivity index (χ0) is 38.4. The van der Waals surface area contributed by atoms with Gasteiger partial charge in [0.05, 0.1) is 64.3 Å². The molecule has 4 aromatic rings. The molecule has 0 aromatic heterocycles. The second-order valence-electron chi connectivity index (χ2n) is 10.3. The minimum atomic E-state index is -3.65. The van der Waals surface area contributed by atoms with Gasteiger partial charge < -0.3 is 18.9 Å². The zero-order valence-electron chi connectivity index (χ0n) is 28.5. The van der Waals surface area contributed by atoms with E-state index in [2.05, 4.69) is 30.1 Å². The highest BCUT2D eigenvalue weighted by molar-refractivity contribution is 9.08. The first-order chi connectivity index (χ1) is 24.0. The monoisotopic (exact) mass is 814 g/mol. The maximum Gasteiger partial charge on any atom is 0.337 e. The van der Waals surface area contributed by atoms with Crippen molar-refractivity contribution in [2.24, 2.45) is 0 Å². The number of nitrogens with one attached hydrogen (secondary N) is 1. The molecule has 0 saturated heterocycles. The number of alkyl halides is 1. The molecule has 0 saturated carbocycles. The summed E-state index contributed by atoms with van der Waals surface area (Å²) in [5.41, 5.74) is 1.84. The first-order valence-electron chi connectivity index (χ1n) is 14.5.